The van der Waals surface area contributed by atoms with E-state index in [1.54, 1.807) is 13.0 Å². The van der Waals surface area contributed by atoms with Crippen LogP contribution in [0.2, 0.25) is 0 Å². The lowest BCUT2D eigenvalue weighted by Crippen LogP contribution is -2.22. The highest BCUT2D eigenvalue weighted by Gasteiger charge is 2.23. The Morgan fingerprint density at radius 2 is 2.21 bits per heavy atom. The van der Waals surface area contributed by atoms with Crippen LogP contribution in [-0.2, 0) is 9.59 Å². The minimum absolute atomic E-state index is 0.476. The number of hydrogen-bond donors (Lipinski definition) is 2. The van der Waals surface area contributed by atoms with Crippen molar-refractivity contribution in [2.24, 2.45) is 0 Å². The van der Waals surface area contributed by atoms with Crippen molar-refractivity contribution in [2.75, 3.05) is 0 Å². The maximum Gasteiger partial charge on any atom is 0.329 e. The van der Waals surface area contributed by atoms with E-state index in [2.05, 4.69) is 5.10 Å². The number of aromatic nitrogens is 2. The van der Waals surface area contributed by atoms with Crippen LogP contribution in [0, 0.1) is 6.92 Å². The van der Waals surface area contributed by atoms with Crippen molar-refractivity contribution in [3.8, 4) is 0 Å². The highest BCUT2D eigenvalue weighted by atomic mass is 16.4. The molecule has 0 saturated carbocycles. The smallest absolute Gasteiger partial charge is 0.329 e. The van der Waals surface area contributed by atoms with E-state index in [0.29, 0.717) is 5.69 Å². The number of rotatable bonds is 4. The summed E-state index contributed by atoms with van der Waals surface area (Å²) >= 11 is 0. The zero-order valence-electron chi connectivity index (χ0n) is 7.54. The monoisotopic (exact) mass is 198 g/mol. The molecule has 2 N–H and O–H groups in total. The van der Waals surface area contributed by atoms with E-state index in [0.717, 1.165) is 4.68 Å². The van der Waals surface area contributed by atoms with Crippen LogP contribution in [0.1, 0.15) is 18.2 Å². The largest absolute Gasteiger partial charge is 0.481 e. The summed E-state index contributed by atoms with van der Waals surface area (Å²) in [5.74, 6) is -2.36. The molecule has 1 atom stereocenters. The van der Waals surface area contributed by atoms with Gasteiger partial charge in [0.15, 0.2) is 6.04 Å². The number of carboxylic acids is 2. The van der Waals surface area contributed by atoms with Crippen molar-refractivity contribution < 1.29 is 19.8 Å². The highest BCUT2D eigenvalue weighted by Crippen LogP contribution is 2.11. The van der Waals surface area contributed by atoms with E-state index < -0.39 is 24.4 Å². The molecule has 1 heterocycles. The standard InChI is InChI=1S/C8H10N2O4/c1-5-2-3-10(9-5)6(8(13)14)4-7(11)12/h2-3,6H,4H2,1H3,(H,11,12)(H,13,14). The van der Waals surface area contributed by atoms with Gasteiger partial charge in [0, 0.05) is 6.20 Å². The van der Waals surface area contributed by atoms with Crippen LogP contribution < -0.4 is 0 Å². The van der Waals surface area contributed by atoms with Gasteiger partial charge in [-0.3, -0.25) is 9.48 Å². The quantitative estimate of drug-likeness (QED) is 0.725. The molecule has 0 amide bonds. The van der Waals surface area contributed by atoms with Crippen LogP contribution in [0.4, 0.5) is 0 Å². The molecule has 1 aromatic heterocycles. The molecule has 0 saturated heterocycles. The molecule has 1 unspecified atom stereocenters. The predicted octanol–water partition coefficient (Wildman–Crippen LogP) is 0.292. The van der Waals surface area contributed by atoms with Gasteiger partial charge >= 0.3 is 11.9 Å². The zero-order valence-corrected chi connectivity index (χ0v) is 7.54. The van der Waals surface area contributed by atoms with E-state index in [4.69, 9.17) is 10.2 Å². The Morgan fingerprint density at radius 3 is 2.57 bits per heavy atom. The maximum atomic E-state index is 10.7. The van der Waals surface area contributed by atoms with Crippen molar-refractivity contribution in [1.29, 1.82) is 0 Å². The molecule has 6 nitrogen and oxygen atoms in total. The lowest BCUT2D eigenvalue weighted by atomic mass is 10.2. The first-order valence-electron chi connectivity index (χ1n) is 3.97. The van der Waals surface area contributed by atoms with Gasteiger partial charge in [-0.1, -0.05) is 0 Å². The Morgan fingerprint density at radius 1 is 1.57 bits per heavy atom. The second-order valence-corrected chi connectivity index (χ2v) is 2.89. The second-order valence-electron chi connectivity index (χ2n) is 2.89. The molecule has 14 heavy (non-hydrogen) atoms. The minimum Gasteiger partial charge on any atom is -0.481 e. The topological polar surface area (TPSA) is 92.4 Å². The lowest BCUT2D eigenvalue weighted by molar-refractivity contribution is -0.147. The molecule has 0 radical (unpaired) electrons. The van der Waals surface area contributed by atoms with Crippen LogP contribution in [0.25, 0.3) is 0 Å². The third-order valence-corrected chi connectivity index (χ3v) is 1.71. The first kappa shape index (κ1) is 10.2. The van der Waals surface area contributed by atoms with E-state index in [9.17, 15) is 9.59 Å². The van der Waals surface area contributed by atoms with Crippen LogP contribution in [0.3, 0.4) is 0 Å². The van der Waals surface area contributed by atoms with E-state index in [1.165, 1.54) is 6.20 Å². The van der Waals surface area contributed by atoms with Crippen molar-refractivity contribution in [1.82, 2.24) is 9.78 Å². The molecule has 0 fully saturated rings. The summed E-state index contributed by atoms with van der Waals surface area (Å²) in [7, 11) is 0. The van der Waals surface area contributed by atoms with Gasteiger partial charge in [0.2, 0.25) is 0 Å². The first-order valence-corrected chi connectivity index (χ1v) is 3.97. The number of aryl methyl sites for hydroxylation is 1. The van der Waals surface area contributed by atoms with Crippen molar-refractivity contribution in [2.45, 2.75) is 19.4 Å². The summed E-state index contributed by atoms with van der Waals surface area (Å²) in [6, 6.07) is 0.485. The third kappa shape index (κ3) is 2.32. The number of nitrogens with zero attached hydrogens (tertiary/aromatic N) is 2. The predicted molar refractivity (Wildman–Crippen MR) is 45.9 cm³/mol. The van der Waals surface area contributed by atoms with Gasteiger partial charge in [0.1, 0.15) is 0 Å². The fraction of sp³-hybridized carbons (Fsp3) is 0.375. The molecule has 1 rings (SSSR count). The number of carboxylic acid groups (broad SMARTS) is 2. The fourth-order valence-electron chi connectivity index (χ4n) is 1.07. The molecule has 76 valence electrons. The van der Waals surface area contributed by atoms with Gasteiger partial charge in [-0.2, -0.15) is 5.10 Å². The highest BCUT2D eigenvalue weighted by molar-refractivity contribution is 5.79. The van der Waals surface area contributed by atoms with Crippen LogP contribution in [-0.4, -0.2) is 31.9 Å². The fourth-order valence-corrected chi connectivity index (χ4v) is 1.07. The Labute approximate surface area is 79.8 Å². The van der Waals surface area contributed by atoms with Crippen molar-refractivity contribution in [3.63, 3.8) is 0 Å². The number of hydrogen-bond acceptors (Lipinski definition) is 3. The van der Waals surface area contributed by atoms with Crippen LogP contribution in [0.15, 0.2) is 12.3 Å². The number of carbonyl (C=O) groups is 2. The van der Waals surface area contributed by atoms with E-state index >= 15 is 0 Å². The Kier molecular flexibility index (Phi) is 2.85. The molecule has 0 bridgehead atoms. The molecule has 6 heteroatoms. The average Bonchev–Trinajstić information content (AvgIpc) is 2.46. The molecule has 0 aliphatic carbocycles. The SMILES string of the molecule is Cc1ccn(C(CC(=O)O)C(=O)O)n1. The summed E-state index contributed by atoms with van der Waals surface area (Å²) in [5.41, 5.74) is 0.654. The van der Waals surface area contributed by atoms with Crippen LogP contribution >= 0.6 is 0 Å². The maximum absolute atomic E-state index is 10.7. The number of aliphatic carboxylic acids is 2. The second kappa shape index (κ2) is 3.91. The normalized spacial score (nSPS) is 12.4. The van der Waals surface area contributed by atoms with Crippen molar-refractivity contribution >= 4 is 11.9 Å². The summed E-state index contributed by atoms with van der Waals surface area (Å²) in [6.45, 7) is 1.70. The molecule has 0 aliphatic heterocycles. The van der Waals surface area contributed by atoms with Gasteiger partial charge < -0.3 is 10.2 Å². The molecular formula is C8H10N2O4. The summed E-state index contributed by atoms with van der Waals surface area (Å²) in [5, 5.41) is 21.1. The minimum atomic E-state index is -1.20. The van der Waals surface area contributed by atoms with Gasteiger partial charge in [0.25, 0.3) is 0 Å². The van der Waals surface area contributed by atoms with E-state index in [-0.39, 0.29) is 0 Å². The van der Waals surface area contributed by atoms with Crippen LogP contribution in [0.5, 0.6) is 0 Å². The Bertz CT molecular complexity index is 358. The third-order valence-electron chi connectivity index (χ3n) is 1.71. The van der Waals surface area contributed by atoms with Crippen molar-refractivity contribution in [3.05, 3.63) is 18.0 Å². The Hall–Kier alpha value is -1.85. The average molecular weight is 198 g/mol. The molecule has 0 aromatic carbocycles. The molecule has 0 spiro atoms. The molecular weight excluding hydrogens is 188 g/mol. The Balaban J connectivity index is 2.88. The first-order chi connectivity index (χ1) is 6.50. The summed E-state index contributed by atoms with van der Waals surface area (Å²) in [6.07, 6.45) is 0.980. The van der Waals surface area contributed by atoms with Gasteiger partial charge in [-0.05, 0) is 13.0 Å². The lowest BCUT2D eigenvalue weighted by Gasteiger charge is -2.09. The summed E-state index contributed by atoms with van der Waals surface area (Å²) < 4.78 is 1.14. The van der Waals surface area contributed by atoms with E-state index in [1.807, 2.05) is 0 Å². The van der Waals surface area contributed by atoms with Gasteiger partial charge in [0.05, 0.1) is 12.1 Å². The summed E-state index contributed by atoms with van der Waals surface area (Å²) in [4.78, 5) is 21.1. The molecule has 0 aliphatic rings. The zero-order chi connectivity index (χ0) is 10.7. The van der Waals surface area contributed by atoms with Gasteiger partial charge in [-0.25, -0.2) is 4.79 Å². The van der Waals surface area contributed by atoms with Gasteiger partial charge in [-0.15, -0.1) is 0 Å². The molecule has 1 aromatic rings.